The molecule has 12 heteroatoms. The molecule has 0 N–H and O–H groups in total. The second-order valence-corrected chi connectivity index (χ2v) is 10.0. The van der Waals surface area contributed by atoms with E-state index >= 15 is 4.39 Å². The molecule has 1 saturated heterocycles. The van der Waals surface area contributed by atoms with Crippen molar-refractivity contribution < 1.29 is 27.4 Å². The number of nitrogens with zero attached hydrogens (tertiary/aromatic N) is 4. The van der Waals surface area contributed by atoms with Crippen molar-refractivity contribution in [1.82, 2.24) is 19.0 Å². The van der Waals surface area contributed by atoms with Crippen molar-refractivity contribution in [3.05, 3.63) is 86.9 Å². The van der Waals surface area contributed by atoms with E-state index in [1.54, 1.807) is 30.3 Å². The summed E-state index contributed by atoms with van der Waals surface area (Å²) >= 11 is 0. The van der Waals surface area contributed by atoms with Crippen LogP contribution in [0.15, 0.2) is 64.3 Å². The Labute approximate surface area is 238 Å². The third-order valence-electron chi connectivity index (χ3n) is 7.40. The zero-order chi connectivity index (χ0) is 29.8. The molecule has 4 aromatic rings. The van der Waals surface area contributed by atoms with Crippen LogP contribution in [0.3, 0.4) is 0 Å². The van der Waals surface area contributed by atoms with Crippen LogP contribution in [0.4, 0.5) is 13.2 Å². The maximum absolute atomic E-state index is 15.1. The van der Waals surface area contributed by atoms with Gasteiger partial charge in [-0.1, -0.05) is 18.2 Å². The van der Waals surface area contributed by atoms with Crippen molar-refractivity contribution in [3.8, 4) is 22.8 Å². The molecule has 1 fully saturated rings. The van der Waals surface area contributed by atoms with E-state index in [2.05, 4.69) is 4.98 Å². The van der Waals surface area contributed by atoms with Gasteiger partial charge in [-0.05, 0) is 42.7 Å². The number of likely N-dealkylation sites (tertiary alicyclic amines) is 1. The Balaban J connectivity index is 1.59. The first-order valence-corrected chi connectivity index (χ1v) is 13.4. The monoisotopic (exact) mass is 582 g/mol. The van der Waals surface area contributed by atoms with Crippen LogP contribution >= 0.6 is 0 Å². The summed E-state index contributed by atoms with van der Waals surface area (Å²) in [6.07, 6.45) is 1.58. The van der Waals surface area contributed by atoms with Crippen LogP contribution in [0.1, 0.15) is 24.4 Å². The fraction of sp³-hybridized carbons (Fsp3) is 0.333. The number of hydrogen-bond donors (Lipinski definition) is 0. The Morgan fingerprint density at radius 2 is 1.83 bits per heavy atom. The summed E-state index contributed by atoms with van der Waals surface area (Å²) in [7, 11) is 1.57. The molecule has 2 aromatic heterocycles. The van der Waals surface area contributed by atoms with Gasteiger partial charge in [0.15, 0.2) is 17.7 Å². The van der Waals surface area contributed by atoms with E-state index < -0.39 is 48.3 Å². The molecule has 1 amide bonds. The van der Waals surface area contributed by atoms with E-state index in [0.29, 0.717) is 42.9 Å². The molecule has 0 bridgehead atoms. The number of alkyl halides is 2. The molecule has 5 rings (SSSR count). The van der Waals surface area contributed by atoms with Crippen LogP contribution in [0.25, 0.3) is 22.2 Å². The lowest BCUT2D eigenvalue weighted by Gasteiger charge is -2.31. The molecule has 0 atom stereocenters. The minimum absolute atomic E-state index is 0.0405. The van der Waals surface area contributed by atoms with Crippen molar-refractivity contribution >= 4 is 17.3 Å². The summed E-state index contributed by atoms with van der Waals surface area (Å²) in [5.74, 6) is -0.774. The van der Waals surface area contributed by atoms with Gasteiger partial charge in [0.05, 0.1) is 30.3 Å². The number of amides is 1. The number of carbonyl (C=O) groups is 1. The van der Waals surface area contributed by atoms with E-state index in [9.17, 15) is 23.2 Å². The van der Waals surface area contributed by atoms with Gasteiger partial charge < -0.3 is 14.4 Å². The smallest absolute Gasteiger partial charge is 0.332 e. The summed E-state index contributed by atoms with van der Waals surface area (Å²) in [5, 5.41) is -0.0405. The Hall–Kier alpha value is -4.61. The second-order valence-electron chi connectivity index (χ2n) is 10.0. The molecule has 0 saturated carbocycles. The van der Waals surface area contributed by atoms with Crippen LogP contribution in [-0.4, -0.2) is 65.1 Å². The van der Waals surface area contributed by atoms with Gasteiger partial charge in [-0.15, -0.1) is 0 Å². The van der Waals surface area contributed by atoms with Crippen LogP contribution in [0, 0.1) is 5.82 Å². The molecule has 9 nitrogen and oxygen atoms in total. The SMILES string of the molecule is COc1cccc(-c2ccc(Cn3c(=O)c4cc(OC(CF)CF)c(F)cc4n(C4CCN(C=O)CC4)c3=O)cn2)c1. The molecule has 0 unspecified atom stereocenters. The lowest BCUT2D eigenvalue weighted by atomic mass is 10.0. The highest BCUT2D eigenvalue weighted by Gasteiger charge is 2.26. The molecule has 1 aliphatic rings. The number of benzene rings is 2. The summed E-state index contributed by atoms with van der Waals surface area (Å²) in [4.78, 5) is 44.8. The standard InChI is InChI=1S/C30H29F3N4O5/c1-41-22-4-2-3-20(11-22)26-6-5-19(16-34-26)17-36-29(39)24-12-28(42-23(14-31)15-32)25(33)13-27(24)37(30(36)40)21-7-9-35(18-38)10-8-21/h2-6,11-13,16,18,21,23H,7-10,14-15,17H2,1H3. The van der Waals surface area contributed by atoms with Gasteiger partial charge in [0.1, 0.15) is 19.1 Å². The topological polar surface area (TPSA) is 95.7 Å². The number of halogens is 3. The van der Waals surface area contributed by atoms with E-state index in [-0.39, 0.29) is 17.4 Å². The molecule has 220 valence electrons. The maximum Gasteiger partial charge on any atom is 0.332 e. The van der Waals surface area contributed by atoms with Crippen molar-refractivity contribution in [1.29, 1.82) is 0 Å². The highest BCUT2D eigenvalue weighted by Crippen LogP contribution is 2.28. The Bertz CT molecular complexity index is 1690. The minimum atomic E-state index is -1.54. The largest absolute Gasteiger partial charge is 0.497 e. The van der Waals surface area contributed by atoms with E-state index in [1.165, 1.54) is 4.57 Å². The first-order valence-electron chi connectivity index (χ1n) is 13.4. The van der Waals surface area contributed by atoms with Gasteiger partial charge in [0.2, 0.25) is 6.41 Å². The third-order valence-corrected chi connectivity index (χ3v) is 7.40. The molecule has 0 radical (unpaired) electrons. The van der Waals surface area contributed by atoms with Gasteiger partial charge in [0, 0.05) is 37.0 Å². The number of piperidine rings is 1. The van der Waals surface area contributed by atoms with Gasteiger partial charge >= 0.3 is 5.69 Å². The van der Waals surface area contributed by atoms with Gasteiger partial charge in [0.25, 0.3) is 5.56 Å². The molecule has 1 aliphatic heterocycles. The van der Waals surface area contributed by atoms with Gasteiger partial charge in [-0.3, -0.25) is 23.7 Å². The maximum atomic E-state index is 15.1. The lowest BCUT2D eigenvalue weighted by Crippen LogP contribution is -2.44. The van der Waals surface area contributed by atoms with Gasteiger partial charge in [-0.2, -0.15) is 0 Å². The number of methoxy groups -OCH3 is 1. The predicted octanol–water partition coefficient (Wildman–Crippen LogP) is 3.90. The molecule has 3 heterocycles. The molecule has 0 aliphatic carbocycles. The van der Waals surface area contributed by atoms with Crippen molar-refractivity contribution in [2.24, 2.45) is 0 Å². The fourth-order valence-corrected chi connectivity index (χ4v) is 5.15. The van der Waals surface area contributed by atoms with Gasteiger partial charge in [-0.25, -0.2) is 18.0 Å². The normalized spacial score (nSPS) is 14.0. The average Bonchev–Trinajstić information content (AvgIpc) is 3.03. The van der Waals surface area contributed by atoms with Crippen LogP contribution < -0.4 is 20.7 Å². The Morgan fingerprint density at radius 1 is 1.07 bits per heavy atom. The lowest BCUT2D eigenvalue weighted by molar-refractivity contribution is -0.119. The number of pyridine rings is 1. The van der Waals surface area contributed by atoms with Crippen molar-refractivity contribution in [3.63, 3.8) is 0 Å². The molecular formula is C30H29F3N4O5. The number of ether oxygens (including phenoxy) is 2. The first kappa shape index (κ1) is 28.9. The summed E-state index contributed by atoms with van der Waals surface area (Å²) in [6.45, 7) is -1.74. The number of hydrogen-bond acceptors (Lipinski definition) is 6. The fourth-order valence-electron chi connectivity index (χ4n) is 5.15. The molecule has 0 spiro atoms. The van der Waals surface area contributed by atoms with Crippen molar-refractivity contribution in [2.45, 2.75) is 31.5 Å². The van der Waals surface area contributed by atoms with E-state index in [4.69, 9.17) is 9.47 Å². The minimum Gasteiger partial charge on any atom is -0.497 e. The zero-order valence-corrected chi connectivity index (χ0v) is 22.8. The number of aromatic nitrogens is 3. The predicted molar refractivity (Wildman–Crippen MR) is 150 cm³/mol. The summed E-state index contributed by atoms with van der Waals surface area (Å²) in [5.41, 5.74) is 0.732. The number of fused-ring (bicyclic) bond motifs is 1. The van der Waals surface area contributed by atoms with Crippen LogP contribution in [0.5, 0.6) is 11.5 Å². The average molecular weight is 583 g/mol. The Kier molecular flexibility index (Phi) is 8.60. The number of carbonyl (C=O) groups excluding carboxylic acids is 1. The highest BCUT2D eigenvalue weighted by atomic mass is 19.1. The number of rotatable bonds is 10. The van der Waals surface area contributed by atoms with Crippen molar-refractivity contribution in [2.75, 3.05) is 33.5 Å². The van der Waals surface area contributed by atoms with Crippen LogP contribution in [0.2, 0.25) is 0 Å². The quantitative estimate of drug-likeness (QED) is 0.263. The summed E-state index contributed by atoms with van der Waals surface area (Å²) in [6, 6.07) is 12.5. The third kappa shape index (κ3) is 5.74. The molecule has 42 heavy (non-hydrogen) atoms. The van der Waals surface area contributed by atoms with E-state index in [1.807, 2.05) is 24.3 Å². The molecular weight excluding hydrogens is 553 g/mol. The molecule has 2 aromatic carbocycles. The van der Waals surface area contributed by atoms with Crippen LogP contribution in [-0.2, 0) is 11.3 Å². The summed E-state index contributed by atoms with van der Waals surface area (Å²) < 4.78 is 54.2. The van der Waals surface area contributed by atoms with E-state index in [0.717, 1.165) is 28.7 Å². The first-order chi connectivity index (χ1) is 20.4. The Morgan fingerprint density at radius 3 is 2.48 bits per heavy atom. The highest BCUT2D eigenvalue weighted by molar-refractivity contribution is 5.80. The second kappa shape index (κ2) is 12.5. The zero-order valence-electron chi connectivity index (χ0n) is 22.8.